The van der Waals surface area contributed by atoms with E-state index in [1.54, 1.807) is 11.3 Å². The van der Waals surface area contributed by atoms with Gasteiger partial charge in [-0.1, -0.05) is 13.0 Å². The van der Waals surface area contributed by atoms with Gasteiger partial charge in [0.1, 0.15) is 0 Å². The number of aliphatic hydroxyl groups is 1. The van der Waals surface area contributed by atoms with E-state index in [4.69, 9.17) is 0 Å². The Morgan fingerprint density at radius 2 is 2.24 bits per heavy atom. The predicted octanol–water partition coefficient (Wildman–Crippen LogP) is 3.74. The zero-order valence-corrected chi connectivity index (χ0v) is 12.0. The minimum atomic E-state index is -0.482. The molecule has 2 nitrogen and oxygen atoms in total. The van der Waals surface area contributed by atoms with Crippen molar-refractivity contribution in [3.8, 4) is 0 Å². The Balaban J connectivity index is 2.07. The standard InChI is InChI=1S/C13H14BrNOS/c1-2-9-3-4-10(15-8-9)7-12(16)13-11(14)5-6-17-13/h3-6,8,12,16H,2,7H2,1H3. The summed E-state index contributed by atoms with van der Waals surface area (Å²) in [6.07, 6.45) is 2.95. The van der Waals surface area contributed by atoms with Crippen molar-refractivity contribution in [2.24, 2.45) is 0 Å². The minimum absolute atomic E-state index is 0.482. The molecule has 0 amide bonds. The Kier molecular flexibility index (Phi) is 4.31. The molecule has 17 heavy (non-hydrogen) atoms. The van der Waals surface area contributed by atoms with E-state index in [9.17, 15) is 5.11 Å². The molecule has 1 N–H and O–H groups in total. The van der Waals surface area contributed by atoms with E-state index in [-0.39, 0.29) is 0 Å². The van der Waals surface area contributed by atoms with E-state index in [1.165, 1.54) is 5.56 Å². The van der Waals surface area contributed by atoms with Crippen molar-refractivity contribution in [2.45, 2.75) is 25.9 Å². The third-order valence-corrected chi connectivity index (χ3v) is 4.62. The van der Waals surface area contributed by atoms with Crippen molar-refractivity contribution in [3.63, 3.8) is 0 Å². The monoisotopic (exact) mass is 311 g/mol. The molecule has 2 heterocycles. The molecule has 2 aromatic rings. The second-order valence-corrected chi connectivity index (χ2v) is 5.67. The number of halogens is 1. The first-order valence-electron chi connectivity index (χ1n) is 5.55. The normalized spacial score (nSPS) is 12.6. The third kappa shape index (κ3) is 3.15. The summed E-state index contributed by atoms with van der Waals surface area (Å²) in [6, 6.07) is 6.01. The van der Waals surface area contributed by atoms with Crippen molar-refractivity contribution >= 4 is 27.3 Å². The van der Waals surface area contributed by atoms with Gasteiger partial charge in [-0.25, -0.2) is 0 Å². The van der Waals surface area contributed by atoms with Crippen molar-refractivity contribution in [1.29, 1.82) is 0 Å². The summed E-state index contributed by atoms with van der Waals surface area (Å²) in [5.74, 6) is 0. The van der Waals surface area contributed by atoms with Crippen molar-refractivity contribution in [1.82, 2.24) is 4.98 Å². The van der Waals surface area contributed by atoms with Crippen LogP contribution in [-0.4, -0.2) is 10.1 Å². The summed E-state index contributed by atoms with van der Waals surface area (Å²) < 4.78 is 0.972. The van der Waals surface area contributed by atoms with Crippen LogP contribution in [0.5, 0.6) is 0 Å². The summed E-state index contributed by atoms with van der Waals surface area (Å²) in [5.41, 5.74) is 2.15. The molecule has 4 heteroatoms. The largest absolute Gasteiger partial charge is 0.387 e. The summed E-state index contributed by atoms with van der Waals surface area (Å²) in [7, 11) is 0. The number of aromatic nitrogens is 1. The molecular weight excluding hydrogens is 298 g/mol. The van der Waals surface area contributed by atoms with Gasteiger partial charge in [0, 0.05) is 27.7 Å². The van der Waals surface area contributed by atoms with Crippen LogP contribution in [0.3, 0.4) is 0 Å². The first kappa shape index (κ1) is 12.7. The van der Waals surface area contributed by atoms with Crippen molar-refractivity contribution in [3.05, 3.63) is 50.4 Å². The van der Waals surface area contributed by atoms with Crippen LogP contribution in [0.2, 0.25) is 0 Å². The molecule has 0 radical (unpaired) electrons. The fourth-order valence-corrected chi connectivity index (χ4v) is 3.24. The first-order chi connectivity index (χ1) is 8.20. The van der Waals surface area contributed by atoms with Gasteiger partial charge < -0.3 is 5.11 Å². The predicted molar refractivity (Wildman–Crippen MR) is 74.3 cm³/mol. The number of aryl methyl sites for hydroxylation is 1. The van der Waals surface area contributed by atoms with E-state index >= 15 is 0 Å². The molecule has 1 unspecified atom stereocenters. The van der Waals surface area contributed by atoms with Gasteiger partial charge in [-0.15, -0.1) is 11.3 Å². The van der Waals surface area contributed by atoms with Crippen LogP contribution in [0.1, 0.15) is 29.2 Å². The Labute approximate surface area is 113 Å². The highest BCUT2D eigenvalue weighted by Gasteiger charge is 2.13. The van der Waals surface area contributed by atoms with Crippen LogP contribution >= 0.6 is 27.3 Å². The van der Waals surface area contributed by atoms with Crippen LogP contribution in [0.4, 0.5) is 0 Å². The van der Waals surface area contributed by atoms with E-state index in [2.05, 4.69) is 33.9 Å². The molecule has 2 rings (SSSR count). The molecule has 0 saturated heterocycles. The Morgan fingerprint density at radius 3 is 2.76 bits per heavy atom. The lowest BCUT2D eigenvalue weighted by atomic mass is 10.1. The number of rotatable bonds is 4. The number of thiophene rings is 1. The zero-order chi connectivity index (χ0) is 12.3. The SMILES string of the molecule is CCc1ccc(CC(O)c2sccc2Br)nc1. The maximum atomic E-state index is 10.1. The van der Waals surface area contributed by atoms with Gasteiger partial charge in [0.2, 0.25) is 0 Å². The summed E-state index contributed by atoms with van der Waals surface area (Å²) in [6.45, 7) is 2.11. The van der Waals surface area contributed by atoms with Gasteiger partial charge >= 0.3 is 0 Å². The van der Waals surface area contributed by atoms with E-state index in [0.717, 1.165) is 21.5 Å². The van der Waals surface area contributed by atoms with Crippen LogP contribution in [0, 0.1) is 0 Å². The van der Waals surface area contributed by atoms with E-state index in [0.29, 0.717) is 6.42 Å². The van der Waals surface area contributed by atoms with Gasteiger partial charge in [0.15, 0.2) is 0 Å². The molecule has 0 bridgehead atoms. The first-order valence-corrected chi connectivity index (χ1v) is 7.22. The number of hydrogen-bond donors (Lipinski definition) is 1. The van der Waals surface area contributed by atoms with Crippen molar-refractivity contribution in [2.75, 3.05) is 0 Å². The molecular formula is C13H14BrNOS. The number of aliphatic hydroxyl groups excluding tert-OH is 1. The minimum Gasteiger partial charge on any atom is -0.387 e. The molecule has 0 aliphatic carbocycles. The average Bonchev–Trinajstić information content (AvgIpc) is 2.76. The third-order valence-electron chi connectivity index (χ3n) is 2.64. The maximum Gasteiger partial charge on any atom is 0.0948 e. The molecule has 2 aromatic heterocycles. The van der Waals surface area contributed by atoms with Gasteiger partial charge in [-0.05, 0) is 45.4 Å². The molecule has 0 aliphatic heterocycles. The van der Waals surface area contributed by atoms with Gasteiger partial charge in [-0.2, -0.15) is 0 Å². The van der Waals surface area contributed by atoms with Gasteiger partial charge in [-0.3, -0.25) is 4.98 Å². The second kappa shape index (κ2) is 5.76. The van der Waals surface area contributed by atoms with Crippen molar-refractivity contribution < 1.29 is 5.11 Å². The van der Waals surface area contributed by atoms with Gasteiger partial charge in [0.05, 0.1) is 6.10 Å². The smallest absolute Gasteiger partial charge is 0.0948 e. The lowest BCUT2D eigenvalue weighted by molar-refractivity contribution is 0.180. The molecule has 90 valence electrons. The van der Waals surface area contributed by atoms with Crippen LogP contribution < -0.4 is 0 Å². The number of hydrogen-bond acceptors (Lipinski definition) is 3. The fourth-order valence-electron chi connectivity index (χ4n) is 1.62. The average molecular weight is 312 g/mol. The Bertz CT molecular complexity index is 480. The zero-order valence-electron chi connectivity index (χ0n) is 9.56. The lowest BCUT2D eigenvalue weighted by Gasteiger charge is -2.09. The highest BCUT2D eigenvalue weighted by molar-refractivity contribution is 9.10. The molecule has 0 saturated carbocycles. The molecule has 0 aromatic carbocycles. The van der Waals surface area contributed by atoms with Crippen LogP contribution in [0.25, 0.3) is 0 Å². The number of nitrogens with zero attached hydrogens (tertiary/aromatic N) is 1. The topological polar surface area (TPSA) is 33.1 Å². The fraction of sp³-hybridized carbons (Fsp3) is 0.308. The molecule has 0 spiro atoms. The molecule has 0 fully saturated rings. The number of pyridine rings is 1. The second-order valence-electron chi connectivity index (χ2n) is 3.86. The quantitative estimate of drug-likeness (QED) is 0.933. The van der Waals surface area contributed by atoms with Crippen LogP contribution in [0.15, 0.2) is 34.2 Å². The highest BCUT2D eigenvalue weighted by Crippen LogP contribution is 2.30. The maximum absolute atomic E-state index is 10.1. The Morgan fingerprint density at radius 1 is 1.41 bits per heavy atom. The molecule has 0 aliphatic rings. The Hall–Kier alpha value is -0.710. The highest BCUT2D eigenvalue weighted by atomic mass is 79.9. The summed E-state index contributed by atoms with van der Waals surface area (Å²) in [4.78, 5) is 5.32. The van der Waals surface area contributed by atoms with E-state index < -0.39 is 6.10 Å². The van der Waals surface area contributed by atoms with E-state index in [1.807, 2.05) is 23.7 Å². The summed E-state index contributed by atoms with van der Waals surface area (Å²) >= 11 is 4.99. The van der Waals surface area contributed by atoms with Gasteiger partial charge in [0.25, 0.3) is 0 Å². The molecule has 1 atom stereocenters. The van der Waals surface area contributed by atoms with Crippen LogP contribution in [-0.2, 0) is 12.8 Å². The summed E-state index contributed by atoms with van der Waals surface area (Å²) in [5, 5.41) is 12.1. The lowest BCUT2D eigenvalue weighted by Crippen LogP contribution is -2.02.